The Morgan fingerprint density at radius 2 is 2.04 bits per heavy atom. The Morgan fingerprint density at radius 3 is 2.81 bits per heavy atom. The van der Waals surface area contributed by atoms with Crippen LogP contribution in [0.15, 0.2) is 42.5 Å². The summed E-state index contributed by atoms with van der Waals surface area (Å²) in [6, 6.07) is 12.5. The first-order valence-electron chi connectivity index (χ1n) is 8.79. The molecule has 4 N–H and O–H groups in total. The van der Waals surface area contributed by atoms with E-state index in [1.807, 2.05) is 24.3 Å². The third-order valence-corrected chi connectivity index (χ3v) is 4.93. The molecule has 3 unspecified atom stereocenters. The van der Waals surface area contributed by atoms with Crippen molar-refractivity contribution in [1.82, 2.24) is 5.32 Å². The second-order valence-electron chi connectivity index (χ2n) is 6.60. The van der Waals surface area contributed by atoms with Crippen LogP contribution in [0.25, 0.3) is 0 Å². The van der Waals surface area contributed by atoms with Gasteiger partial charge in [-0.3, -0.25) is 0 Å². The Bertz CT molecular complexity index is 740. The fraction of sp³-hybridized carbons (Fsp3) is 0.400. The summed E-state index contributed by atoms with van der Waals surface area (Å²) in [6.07, 6.45) is 1.35. The van der Waals surface area contributed by atoms with Crippen LogP contribution in [0.1, 0.15) is 41.7 Å². The SMILES string of the molecule is OCc1cc(C(O)CNCC2CCC(c3cccc(Cl)c3)O2)ccc1O. The summed E-state index contributed by atoms with van der Waals surface area (Å²) in [5.74, 6) is 0.0304. The number of hydrogen-bond acceptors (Lipinski definition) is 5. The van der Waals surface area contributed by atoms with Gasteiger partial charge in [-0.25, -0.2) is 0 Å². The van der Waals surface area contributed by atoms with E-state index >= 15 is 0 Å². The van der Waals surface area contributed by atoms with Crippen molar-refractivity contribution in [2.75, 3.05) is 13.1 Å². The van der Waals surface area contributed by atoms with Crippen LogP contribution < -0.4 is 5.32 Å². The molecule has 3 rings (SSSR count). The number of nitrogens with one attached hydrogen (secondary N) is 1. The van der Waals surface area contributed by atoms with E-state index in [0.29, 0.717) is 29.2 Å². The average Bonchev–Trinajstić information content (AvgIpc) is 3.11. The molecule has 2 aromatic rings. The largest absolute Gasteiger partial charge is 0.508 e. The zero-order chi connectivity index (χ0) is 18.5. The van der Waals surface area contributed by atoms with Gasteiger partial charge in [0, 0.05) is 23.7 Å². The highest BCUT2D eigenvalue weighted by molar-refractivity contribution is 6.30. The van der Waals surface area contributed by atoms with E-state index in [1.165, 1.54) is 6.07 Å². The van der Waals surface area contributed by atoms with Gasteiger partial charge in [0.05, 0.1) is 24.9 Å². The number of halogens is 1. The standard InChI is InChI=1S/C20H24ClNO4/c21-16-3-1-2-14(9-16)20-7-5-17(26-20)10-22-11-19(25)13-4-6-18(24)15(8-13)12-23/h1-4,6,8-9,17,19-20,22-25H,5,7,10-12H2. The van der Waals surface area contributed by atoms with Crippen molar-refractivity contribution >= 4 is 11.6 Å². The number of ether oxygens (including phenoxy) is 1. The third-order valence-electron chi connectivity index (χ3n) is 4.70. The molecule has 0 amide bonds. The lowest BCUT2D eigenvalue weighted by molar-refractivity contribution is 0.0428. The van der Waals surface area contributed by atoms with Crippen molar-refractivity contribution in [2.45, 2.75) is 37.8 Å². The minimum absolute atomic E-state index is 0.0304. The molecular weight excluding hydrogens is 354 g/mol. The molecule has 1 heterocycles. The molecule has 1 saturated heterocycles. The van der Waals surface area contributed by atoms with Crippen molar-refractivity contribution in [3.63, 3.8) is 0 Å². The zero-order valence-electron chi connectivity index (χ0n) is 14.4. The Labute approximate surface area is 158 Å². The van der Waals surface area contributed by atoms with Gasteiger partial charge in [-0.2, -0.15) is 0 Å². The molecule has 5 nitrogen and oxygen atoms in total. The molecule has 0 spiro atoms. The first kappa shape index (κ1) is 19.1. The molecule has 1 aliphatic heterocycles. The van der Waals surface area contributed by atoms with E-state index in [0.717, 1.165) is 18.4 Å². The predicted octanol–water partition coefficient (Wildman–Crippen LogP) is 3.08. The highest BCUT2D eigenvalue weighted by Gasteiger charge is 2.26. The maximum atomic E-state index is 10.3. The minimum atomic E-state index is -0.717. The Morgan fingerprint density at radius 1 is 1.19 bits per heavy atom. The summed E-state index contributed by atoms with van der Waals surface area (Å²) in [5, 5.41) is 33.0. The third kappa shape index (κ3) is 4.75. The molecule has 0 saturated carbocycles. The number of hydrogen-bond donors (Lipinski definition) is 4. The molecule has 1 fully saturated rings. The second-order valence-corrected chi connectivity index (χ2v) is 7.04. The molecule has 0 radical (unpaired) electrons. The second kappa shape index (κ2) is 8.84. The summed E-state index contributed by atoms with van der Waals surface area (Å²) in [7, 11) is 0. The van der Waals surface area contributed by atoms with Crippen LogP contribution in [0, 0.1) is 0 Å². The van der Waals surface area contributed by atoms with Crippen molar-refractivity contribution in [3.8, 4) is 5.75 Å². The first-order valence-corrected chi connectivity index (χ1v) is 9.17. The van der Waals surface area contributed by atoms with Crippen molar-refractivity contribution < 1.29 is 20.1 Å². The van der Waals surface area contributed by atoms with E-state index in [1.54, 1.807) is 12.1 Å². The maximum Gasteiger partial charge on any atom is 0.121 e. The highest BCUT2D eigenvalue weighted by Crippen LogP contribution is 2.33. The van der Waals surface area contributed by atoms with Gasteiger partial charge in [-0.15, -0.1) is 0 Å². The number of rotatable bonds is 7. The number of phenols is 1. The van der Waals surface area contributed by atoms with E-state index in [9.17, 15) is 15.3 Å². The van der Waals surface area contributed by atoms with Crippen LogP contribution >= 0.6 is 11.6 Å². The number of aliphatic hydroxyl groups excluding tert-OH is 2. The summed E-state index contributed by atoms with van der Waals surface area (Å²) in [6.45, 7) is 0.761. The molecule has 2 aromatic carbocycles. The predicted molar refractivity (Wildman–Crippen MR) is 100 cm³/mol. The molecule has 3 atom stereocenters. The Hall–Kier alpha value is -1.63. The number of benzene rings is 2. The van der Waals surface area contributed by atoms with Gasteiger partial charge in [-0.1, -0.05) is 29.8 Å². The van der Waals surface area contributed by atoms with Crippen LogP contribution in [0.3, 0.4) is 0 Å². The van der Waals surface area contributed by atoms with Crippen molar-refractivity contribution in [1.29, 1.82) is 0 Å². The molecule has 6 heteroatoms. The van der Waals surface area contributed by atoms with Gasteiger partial charge in [0.25, 0.3) is 0 Å². The topological polar surface area (TPSA) is 82.0 Å². The van der Waals surface area contributed by atoms with E-state index in [-0.39, 0.29) is 24.6 Å². The number of aliphatic hydroxyl groups is 2. The fourth-order valence-corrected chi connectivity index (χ4v) is 3.44. The van der Waals surface area contributed by atoms with Gasteiger partial charge in [0.2, 0.25) is 0 Å². The molecule has 1 aliphatic rings. The summed E-state index contributed by atoms with van der Waals surface area (Å²) in [5.41, 5.74) is 2.16. The van der Waals surface area contributed by atoms with Crippen LogP contribution in [0.2, 0.25) is 5.02 Å². The molecule has 0 aliphatic carbocycles. The lowest BCUT2D eigenvalue weighted by Gasteiger charge is -2.17. The van der Waals surface area contributed by atoms with Crippen LogP contribution in [-0.4, -0.2) is 34.5 Å². The minimum Gasteiger partial charge on any atom is -0.508 e. The lowest BCUT2D eigenvalue weighted by atomic mass is 10.1. The van der Waals surface area contributed by atoms with Crippen LogP contribution in [0.5, 0.6) is 5.75 Å². The summed E-state index contributed by atoms with van der Waals surface area (Å²) >= 11 is 6.04. The van der Waals surface area contributed by atoms with E-state index in [4.69, 9.17) is 16.3 Å². The Balaban J connectivity index is 1.46. The number of aromatic hydroxyl groups is 1. The van der Waals surface area contributed by atoms with Crippen molar-refractivity contribution in [2.24, 2.45) is 0 Å². The summed E-state index contributed by atoms with van der Waals surface area (Å²) < 4.78 is 6.07. The molecule has 0 bridgehead atoms. The van der Waals surface area contributed by atoms with E-state index in [2.05, 4.69) is 5.32 Å². The molecular formula is C20H24ClNO4. The monoisotopic (exact) mass is 377 g/mol. The highest BCUT2D eigenvalue weighted by atomic mass is 35.5. The summed E-state index contributed by atoms with van der Waals surface area (Å²) in [4.78, 5) is 0. The van der Waals surface area contributed by atoms with Crippen molar-refractivity contribution in [3.05, 3.63) is 64.2 Å². The fourth-order valence-electron chi connectivity index (χ4n) is 3.25. The van der Waals surface area contributed by atoms with Gasteiger partial charge in [0.15, 0.2) is 0 Å². The molecule has 140 valence electrons. The van der Waals surface area contributed by atoms with E-state index < -0.39 is 6.10 Å². The zero-order valence-corrected chi connectivity index (χ0v) is 15.2. The smallest absolute Gasteiger partial charge is 0.121 e. The lowest BCUT2D eigenvalue weighted by Crippen LogP contribution is -2.30. The quantitative estimate of drug-likeness (QED) is 0.596. The van der Waals surface area contributed by atoms with Gasteiger partial charge in [0.1, 0.15) is 5.75 Å². The average molecular weight is 378 g/mol. The van der Waals surface area contributed by atoms with Crippen LogP contribution in [-0.2, 0) is 11.3 Å². The van der Waals surface area contributed by atoms with Gasteiger partial charge < -0.3 is 25.4 Å². The Kier molecular flexibility index (Phi) is 6.51. The van der Waals surface area contributed by atoms with Gasteiger partial charge in [-0.05, 0) is 48.2 Å². The first-order chi connectivity index (χ1) is 12.6. The maximum absolute atomic E-state index is 10.3. The normalized spacial score (nSPS) is 21.0. The van der Waals surface area contributed by atoms with Gasteiger partial charge >= 0.3 is 0 Å². The molecule has 26 heavy (non-hydrogen) atoms. The van der Waals surface area contributed by atoms with Crippen LogP contribution in [0.4, 0.5) is 0 Å². The molecule has 0 aromatic heterocycles.